The van der Waals surface area contributed by atoms with Crippen molar-refractivity contribution in [3.63, 3.8) is 0 Å². The zero-order valence-corrected chi connectivity index (χ0v) is 21.0. The lowest BCUT2D eigenvalue weighted by atomic mass is 9.45. The van der Waals surface area contributed by atoms with Crippen molar-refractivity contribution in [3.8, 4) is 0 Å². The first-order valence-corrected chi connectivity index (χ1v) is 12.9. The molecule has 1 spiro atoms. The summed E-state index contributed by atoms with van der Waals surface area (Å²) in [7, 11) is 1.34. The quantitative estimate of drug-likeness (QED) is 0.529. The molecule has 2 bridgehead atoms. The third kappa shape index (κ3) is 2.01. The van der Waals surface area contributed by atoms with E-state index in [0.717, 1.165) is 0 Å². The van der Waals surface area contributed by atoms with Gasteiger partial charge in [0.2, 0.25) is 0 Å². The van der Waals surface area contributed by atoms with E-state index in [4.69, 9.17) is 18.6 Å². The number of cyclic esters (lactones) is 1. The first kappa shape index (κ1) is 23.2. The SMILES string of the molecule is COC(=O)C[C@H]1[C@]2(C)CC3(O)C4C(O[C@]56CC(=O)O[C@H](c7ccoc7)[C@]5(C)CC[C@H]([C@]13C)[C@]46O)[C@H]2O. The molecule has 0 radical (unpaired) electrons. The molecule has 2 aliphatic heterocycles. The highest BCUT2D eigenvalue weighted by Gasteiger charge is 2.94. The van der Waals surface area contributed by atoms with E-state index < -0.39 is 81.1 Å². The van der Waals surface area contributed by atoms with Crippen molar-refractivity contribution in [2.45, 2.75) is 88.0 Å². The maximum absolute atomic E-state index is 13.2. The van der Waals surface area contributed by atoms with Crippen molar-refractivity contribution in [2.24, 2.45) is 34.0 Å². The van der Waals surface area contributed by atoms with E-state index in [0.29, 0.717) is 18.4 Å². The fourth-order valence-corrected chi connectivity index (χ4v) is 10.8. The van der Waals surface area contributed by atoms with Crippen LogP contribution in [0.4, 0.5) is 0 Å². The van der Waals surface area contributed by atoms with Crippen molar-refractivity contribution < 1.29 is 43.5 Å². The number of fused-ring (bicyclic) bond motifs is 2. The third-order valence-corrected chi connectivity index (χ3v) is 12.2. The number of carbonyl (C=O) groups excluding carboxylic acids is 2. The normalized spacial score (nSPS) is 57.9. The predicted octanol–water partition coefficient (Wildman–Crippen LogP) is 1.88. The largest absolute Gasteiger partial charge is 0.472 e. The highest BCUT2D eigenvalue weighted by molar-refractivity contribution is 5.74. The van der Waals surface area contributed by atoms with E-state index in [2.05, 4.69) is 0 Å². The van der Waals surface area contributed by atoms with Gasteiger partial charge in [0, 0.05) is 34.1 Å². The molecule has 2 saturated heterocycles. The number of aliphatic hydroxyl groups is 3. The van der Waals surface area contributed by atoms with E-state index in [1.54, 1.807) is 12.3 Å². The monoisotopic (exact) mass is 502 g/mol. The van der Waals surface area contributed by atoms with Crippen molar-refractivity contribution in [1.29, 1.82) is 0 Å². The Kier molecular flexibility index (Phi) is 4.10. The van der Waals surface area contributed by atoms with E-state index in [9.17, 15) is 24.9 Å². The number of rotatable bonds is 3. The fraction of sp³-hybridized carbons (Fsp3) is 0.778. The molecule has 3 heterocycles. The fourth-order valence-electron chi connectivity index (χ4n) is 10.8. The van der Waals surface area contributed by atoms with Crippen LogP contribution in [0.15, 0.2) is 23.0 Å². The van der Waals surface area contributed by atoms with Crippen LogP contribution in [0.5, 0.6) is 0 Å². The van der Waals surface area contributed by atoms with E-state index >= 15 is 0 Å². The van der Waals surface area contributed by atoms with Crippen LogP contribution in [-0.4, -0.2) is 63.4 Å². The maximum atomic E-state index is 13.2. The summed E-state index contributed by atoms with van der Waals surface area (Å²) in [4.78, 5) is 25.8. The van der Waals surface area contributed by atoms with Gasteiger partial charge in [0.05, 0.1) is 43.9 Å². The van der Waals surface area contributed by atoms with Gasteiger partial charge in [-0.1, -0.05) is 20.8 Å². The number of aliphatic hydroxyl groups excluding tert-OH is 1. The van der Waals surface area contributed by atoms with Crippen LogP contribution in [0.3, 0.4) is 0 Å². The summed E-state index contributed by atoms with van der Waals surface area (Å²) in [5, 5.41) is 37.4. The number of carbonyl (C=O) groups is 2. The Morgan fingerprint density at radius 2 is 2.00 bits per heavy atom. The molecule has 6 fully saturated rings. The van der Waals surface area contributed by atoms with Crippen molar-refractivity contribution in [1.82, 2.24) is 0 Å². The zero-order chi connectivity index (χ0) is 25.7. The van der Waals surface area contributed by atoms with E-state index in [1.165, 1.54) is 13.4 Å². The Hall–Kier alpha value is -1.94. The lowest BCUT2D eigenvalue weighted by molar-refractivity contribution is -0.298. The van der Waals surface area contributed by atoms with Gasteiger partial charge in [0.15, 0.2) is 0 Å². The second-order valence-corrected chi connectivity index (χ2v) is 13.0. The number of esters is 2. The van der Waals surface area contributed by atoms with Gasteiger partial charge in [0.25, 0.3) is 0 Å². The molecular weight excluding hydrogens is 468 g/mol. The molecule has 4 aliphatic carbocycles. The van der Waals surface area contributed by atoms with Crippen molar-refractivity contribution in [3.05, 3.63) is 24.2 Å². The number of hydrogen-bond acceptors (Lipinski definition) is 9. The van der Waals surface area contributed by atoms with Crippen LogP contribution in [0.25, 0.3) is 0 Å². The highest BCUT2D eigenvalue weighted by Crippen LogP contribution is 2.85. The number of ether oxygens (including phenoxy) is 3. The van der Waals surface area contributed by atoms with Crippen LogP contribution in [0.2, 0.25) is 0 Å². The maximum Gasteiger partial charge on any atom is 0.309 e. The smallest absolute Gasteiger partial charge is 0.309 e. The second kappa shape index (κ2) is 6.37. The molecule has 12 atom stereocenters. The minimum Gasteiger partial charge on any atom is -0.472 e. The Balaban J connectivity index is 1.47. The van der Waals surface area contributed by atoms with Crippen molar-refractivity contribution >= 4 is 11.9 Å². The lowest BCUT2D eigenvalue weighted by Gasteiger charge is -2.63. The van der Waals surface area contributed by atoms with Crippen molar-refractivity contribution in [2.75, 3.05) is 7.11 Å². The molecule has 36 heavy (non-hydrogen) atoms. The van der Waals surface area contributed by atoms with Gasteiger partial charge in [0.1, 0.15) is 17.3 Å². The molecule has 0 amide bonds. The number of methoxy groups -OCH3 is 1. The van der Waals surface area contributed by atoms with Crippen LogP contribution in [-0.2, 0) is 23.8 Å². The van der Waals surface area contributed by atoms with Gasteiger partial charge < -0.3 is 33.9 Å². The summed E-state index contributed by atoms with van der Waals surface area (Å²) >= 11 is 0. The summed E-state index contributed by atoms with van der Waals surface area (Å²) in [5.74, 6) is -2.59. The van der Waals surface area contributed by atoms with Crippen LogP contribution in [0.1, 0.15) is 64.5 Å². The average Bonchev–Trinajstić information content (AvgIpc) is 3.50. The minimum atomic E-state index is -1.60. The summed E-state index contributed by atoms with van der Waals surface area (Å²) in [5.41, 5.74) is -6.24. The Morgan fingerprint density at radius 3 is 2.67 bits per heavy atom. The zero-order valence-electron chi connectivity index (χ0n) is 21.0. The van der Waals surface area contributed by atoms with Gasteiger partial charge in [-0.3, -0.25) is 9.59 Å². The second-order valence-electron chi connectivity index (χ2n) is 13.0. The number of furan rings is 1. The molecule has 6 aliphatic rings. The van der Waals surface area contributed by atoms with Crippen LogP contribution >= 0.6 is 0 Å². The van der Waals surface area contributed by atoms with Crippen LogP contribution < -0.4 is 0 Å². The lowest BCUT2D eigenvalue weighted by Crippen LogP contribution is -2.72. The molecule has 4 saturated carbocycles. The predicted molar refractivity (Wildman–Crippen MR) is 121 cm³/mol. The highest BCUT2D eigenvalue weighted by atomic mass is 16.6. The molecule has 7 rings (SSSR count). The average molecular weight is 503 g/mol. The van der Waals surface area contributed by atoms with Gasteiger partial charge in [-0.25, -0.2) is 0 Å². The van der Waals surface area contributed by atoms with E-state index in [-0.39, 0.29) is 19.3 Å². The Morgan fingerprint density at radius 1 is 1.25 bits per heavy atom. The third-order valence-electron chi connectivity index (χ3n) is 12.2. The Bertz CT molecular complexity index is 1170. The summed E-state index contributed by atoms with van der Waals surface area (Å²) in [6.45, 7) is 5.85. The van der Waals surface area contributed by atoms with Crippen LogP contribution in [0, 0.1) is 34.0 Å². The molecule has 9 heteroatoms. The summed E-state index contributed by atoms with van der Waals surface area (Å²) < 4.78 is 23.1. The molecule has 196 valence electrons. The van der Waals surface area contributed by atoms with Gasteiger partial charge in [-0.05, 0) is 37.2 Å². The molecule has 1 aromatic heterocycles. The standard InChI is InChI=1S/C27H34O9/c1-22-12-25(31)19-18(20(22)30)36-26-10-17(29)35-21(13-6-8-34-11-13)23(26,2)7-5-14(27(19,26)32)24(25,3)15(22)9-16(28)33-4/h6,8,11,14-15,18-21,30-32H,5,7,9-10,12H2,1-4H3/t14-,15+,18?,19?,20-,21-,22+,23+,24-,25?,26-,27+/m1/s1. The van der Waals surface area contributed by atoms with E-state index in [1.807, 2.05) is 20.8 Å². The van der Waals surface area contributed by atoms with Gasteiger partial charge >= 0.3 is 11.9 Å². The summed E-state index contributed by atoms with van der Waals surface area (Å²) in [6.07, 6.45) is 1.64. The molecule has 1 aromatic rings. The number of hydrogen-bond donors (Lipinski definition) is 3. The molecular formula is C27H34O9. The molecule has 3 N–H and O–H groups in total. The molecule has 0 aromatic carbocycles. The first-order chi connectivity index (χ1) is 16.8. The molecule has 9 nitrogen and oxygen atoms in total. The summed E-state index contributed by atoms with van der Waals surface area (Å²) in [6, 6.07) is 1.76. The molecule has 3 unspecified atom stereocenters. The Labute approximate surface area is 209 Å². The van der Waals surface area contributed by atoms with Gasteiger partial charge in [-0.15, -0.1) is 0 Å². The first-order valence-electron chi connectivity index (χ1n) is 12.9. The topological polar surface area (TPSA) is 136 Å². The minimum absolute atomic E-state index is 0.0266. The van der Waals surface area contributed by atoms with Gasteiger partial charge in [-0.2, -0.15) is 0 Å².